The minimum Gasteiger partial charge on any atom is -0.393 e. The quantitative estimate of drug-likeness (QED) is 0.896. The lowest BCUT2D eigenvalue weighted by Crippen LogP contribution is -2.37. The summed E-state index contributed by atoms with van der Waals surface area (Å²) in [6, 6.07) is 6.02. The van der Waals surface area contributed by atoms with Crippen molar-refractivity contribution in [3.63, 3.8) is 0 Å². The number of nitrogens with zero attached hydrogens (tertiary/aromatic N) is 1. The predicted molar refractivity (Wildman–Crippen MR) is 81.4 cm³/mol. The zero-order valence-corrected chi connectivity index (χ0v) is 13.1. The largest absolute Gasteiger partial charge is 0.393 e. The van der Waals surface area contributed by atoms with Gasteiger partial charge in [0.25, 0.3) is 0 Å². The van der Waals surface area contributed by atoms with Gasteiger partial charge in [0.1, 0.15) is 0 Å². The van der Waals surface area contributed by atoms with Gasteiger partial charge in [-0.3, -0.25) is 0 Å². The summed E-state index contributed by atoms with van der Waals surface area (Å²) in [6.07, 6.45) is 1.32. The van der Waals surface area contributed by atoms with Crippen molar-refractivity contribution in [2.75, 3.05) is 18.0 Å². The maximum atomic E-state index is 9.88. The molecule has 1 heterocycles. The lowest BCUT2D eigenvalue weighted by atomic mass is 9.91. The van der Waals surface area contributed by atoms with Crippen molar-refractivity contribution in [3.05, 3.63) is 28.2 Å². The van der Waals surface area contributed by atoms with Crippen molar-refractivity contribution in [2.24, 2.45) is 5.92 Å². The molecule has 0 bridgehead atoms. The van der Waals surface area contributed by atoms with Crippen LogP contribution in [-0.2, 0) is 0 Å². The maximum absolute atomic E-state index is 9.88. The normalized spacial score (nSPS) is 20.4. The lowest BCUT2D eigenvalue weighted by Gasteiger charge is -2.36. The molecular formula is C15H22BrNO2. The molecule has 2 rings (SSSR count). The minimum absolute atomic E-state index is 0.221. The van der Waals surface area contributed by atoms with Gasteiger partial charge in [0, 0.05) is 28.8 Å². The summed E-state index contributed by atoms with van der Waals surface area (Å²) in [5.74, 6) is 0.401. The topological polar surface area (TPSA) is 43.7 Å². The Kier molecular flexibility index (Phi) is 4.87. The van der Waals surface area contributed by atoms with E-state index in [1.807, 2.05) is 19.1 Å². The van der Waals surface area contributed by atoms with Gasteiger partial charge in [-0.2, -0.15) is 0 Å². The minimum atomic E-state index is -0.461. The zero-order valence-electron chi connectivity index (χ0n) is 11.5. The van der Waals surface area contributed by atoms with Crippen LogP contribution >= 0.6 is 15.9 Å². The van der Waals surface area contributed by atoms with Crippen molar-refractivity contribution >= 4 is 21.6 Å². The summed E-state index contributed by atoms with van der Waals surface area (Å²) >= 11 is 3.50. The van der Waals surface area contributed by atoms with Crippen molar-refractivity contribution in [1.82, 2.24) is 0 Å². The number of anilines is 1. The van der Waals surface area contributed by atoms with Crippen molar-refractivity contribution in [1.29, 1.82) is 0 Å². The number of aliphatic hydroxyl groups is 2. The highest BCUT2D eigenvalue weighted by Crippen LogP contribution is 2.33. The van der Waals surface area contributed by atoms with Crippen LogP contribution in [0.4, 0.5) is 5.69 Å². The molecule has 0 spiro atoms. The summed E-state index contributed by atoms with van der Waals surface area (Å²) in [4.78, 5) is 2.31. The van der Waals surface area contributed by atoms with E-state index in [0.29, 0.717) is 5.92 Å². The van der Waals surface area contributed by atoms with E-state index >= 15 is 0 Å². The number of benzene rings is 1. The second kappa shape index (κ2) is 6.25. The molecular weight excluding hydrogens is 306 g/mol. The molecule has 1 aliphatic rings. The van der Waals surface area contributed by atoms with Crippen molar-refractivity contribution in [2.45, 2.75) is 38.9 Å². The fourth-order valence-corrected chi connectivity index (χ4v) is 3.12. The molecule has 0 amide bonds. The molecule has 1 fully saturated rings. The van der Waals surface area contributed by atoms with Gasteiger partial charge >= 0.3 is 0 Å². The van der Waals surface area contributed by atoms with E-state index in [-0.39, 0.29) is 6.10 Å². The number of rotatable bonds is 3. The van der Waals surface area contributed by atoms with Gasteiger partial charge in [-0.05, 0) is 44.7 Å². The van der Waals surface area contributed by atoms with E-state index < -0.39 is 6.10 Å². The summed E-state index contributed by atoms with van der Waals surface area (Å²) < 4.78 is 1.03. The van der Waals surface area contributed by atoms with Crippen LogP contribution in [0.5, 0.6) is 0 Å². The molecule has 2 unspecified atom stereocenters. The second-order valence-corrected chi connectivity index (χ2v) is 6.36. The molecule has 0 aromatic heterocycles. The molecule has 1 aromatic rings. The molecule has 1 aromatic carbocycles. The van der Waals surface area contributed by atoms with Crippen molar-refractivity contribution in [3.8, 4) is 0 Å². The Morgan fingerprint density at radius 2 is 1.84 bits per heavy atom. The summed E-state index contributed by atoms with van der Waals surface area (Å²) in [7, 11) is 0. The van der Waals surface area contributed by atoms with E-state index in [0.717, 1.165) is 41.7 Å². The zero-order chi connectivity index (χ0) is 14.0. The van der Waals surface area contributed by atoms with E-state index in [4.69, 9.17) is 0 Å². The van der Waals surface area contributed by atoms with Gasteiger partial charge in [0.05, 0.1) is 12.2 Å². The second-order valence-electron chi connectivity index (χ2n) is 5.44. The molecule has 19 heavy (non-hydrogen) atoms. The van der Waals surface area contributed by atoms with E-state index in [1.54, 1.807) is 6.92 Å². The molecule has 0 saturated carbocycles. The van der Waals surface area contributed by atoms with E-state index in [2.05, 4.69) is 26.9 Å². The number of aliphatic hydroxyl groups excluding tert-OH is 2. The number of piperidine rings is 1. The first kappa shape index (κ1) is 14.8. The number of hydrogen-bond acceptors (Lipinski definition) is 3. The first-order chi connectivity index (χ1) is 8.99. The van der Waals surface area contributed by atoms with Crippen LogP contribution in [0.25, 0.3) is 0 Å². The molecule has 1 saturated heterocycles. The van der Waals surface area contributed by atoms with Gasteiger partial charge in [-0.15, -0.1) is 0 Å². The van der Waals surface area contributed by atoms with Gasteiger partial charge in [0.2, 0.25) is 0 Å². The van der Waals surface area contributed by atoms with Crippen LogP contribution in [0, 0.1) is 5.92 Å². The number of halogens is 1. The molecule has 0 radical (unpaired) electrons. The molecule has 4 heteroatoms. The first-order valence-corrected chi connectivity index (χ1v) is 7.69. The van der Waals surface area contributed by atoms with E-state index in [9.17, 15) is 10.2 Å². The van der Waals surface area contributed by atoms with Crippen molar-refractivity contribution < 1.29 is 10.2 Å². The van der Waals surface area contributed by atoms with E-state index in [1.165, 1.54) is 0 Å². The Labute approximate surface area is 123 Å². The SMILES string of the molecule is CC(O)c1ccc(Br)cc1N1CCC(C(C)O)CC1. The lowest BCUT2D eigenvalue weighted by molar-refractivity contribution is 0.109. The molecule has 0 aliphatic carbocycles. The number of hydrogen-bond donors (Lipinski definition) is 2. The highest BCUT2D eigenvalue weighted by atomic mass is 79.9. The predicted octanol–water partition coefficient (Wildman–Crippen LogP) is 3.10. The highest BCUT2D eigenvalue weighted by molar-refractivity contribution is 9.10. The average Bonchev–Trinajstić information content (AvgIpc) is 2.38. The standard InChI is InChI=1S/C15H22BrNO2/c1-10(18)12-5-7-17(8-6-12)15-9-13(16)3-4-14(15)11(2)19/h3-4,9-12,18-19H,5-8H2,1-2H3. The summed E-state index contributed by atoms with van der Waals surface area (Å²) in [5, 5.41) is 19.5. The summed E-state index contributed by atoms with van der Waals surface area (Å²) in [6.45, 7) is 5.55. The maximum Gasteiger partial charge on any atom is 0.0782 e. The molecule has 2 atom stereocenters. The summed E-state index contributed by atoms with van der Waals surface area (Å²) in [5.41, 5.74) is 2.08. The Balaban J connectivity index is 2.16. The van der Waals surface area contributed by atoms with Crippen LogP contribution in [0.3, 0.4) is 0 Å². The Morgan fingerprint density at radius 1 is 1.21 bits per heavy atom. The third-order valence-electron chi connectivity index (χ3n) is 4.01. The Hall–Kier alpha value is -0.580. The Bertz CT molecular complexity index is 426. The highest BCUT2D eigenvalue weighted by Gasteiger charge is 2.24. The third kappa shape index (κ3) is 3.50. The van der Waals surface area contributed by atoms with Gasteiger partial charge in [-0.25, -0.2) is 0 Å². The molecule has 106 valence electrons. The van der Waals surface area contributed by atoms with Crippen LogP contribution in [0.2, 0.25) is 0 Å². The van der Waals surface area contributed by atoms with Crippen LogP contribution in [0.1, 0.15) is 38.4 Å². The third-order valence-corrected chi connectivity index (χ3v) is 4.50. The van der Waals surface area contributed by atoms with Gasteiger partial charge in [-0.1, -0.05) is 22.0 Å². The van der Waals surface area contributed by atoms with Gasteiger partial charge in [0.15, 0.2) is 0 Å². The molecule has 2 N–H and O–H groups in total. The fourth-order valence-electron chi connectivity index (χ4n) is 2.77. The first-order valence-electron chi connectivity index (χ1n) is 6.89. The van der Waals surface area contributed by atoms with Gasteiger partial charge < -0.3 is 15.1 Å². The Morgan fingerprint density at radius 3 is 2.37 bits per heavy atom. The molecule has 1 aliphatic heterocycles. The fraction of sp³-hybridized carbons (Fsp3) is 0.600. The van der Waals surface area contributed by atoms with Crippen LogP contribution < -0.4 is 4.90 Å². The van der Waals surface area contributed by atoms with Crippen LogP contribution in [-0.4, -0.2) is 29.4 Å². The average molecular weight is 328 g/mol. The van der Waals surface area contributed by atoms with Crippen LogP contribution in [0.15, 0.2) is 22.7 Å². The monoisotopic (exact) mass is 327 g/mol. The smallest absolute Gasteiger partial charge is 0.0782 e. The molecule has 3 nitrogen and oxygen atoms in total.